The van der Waals surface area contributed by atoms with Crippen LogP contribution in [0.4, 0.5) is 0 Å². The van der Waals surface area contributed by atoms with Gasteiger partial charge in [0.1, 0.15) is 11.5 Å². The minimum atomic E-state index is -1.02. The van der Waals surface area contributed by atoms with Crippen molar-refractivity contribution in [1.29, 1.82) is 5.26 Å². The zero-order valence-electron chi connectivity index (χ0n) is 26.7. The third kappa shape index (κ3) is 9.07. The van der Waals surface area contributed by atoms with Gasteiger partial charge in [0.2, 0.25) is 0 Å². The summed E-state index contributed by atoms with van der Waals surface area (Å²) in [4.78, 5) is 0. The van der Waals surface area contributed by atoms with Gasteiger partial charge in [-0.25, -0.2) is 0 Å². The van der Waals surface area contributed by atoms with Gasteiger partial charge in [-0.3, -0.25) is 4.10 Å². The van der Waals surface area contributed by atoms with Crippen molar-refractivity contribution in [3.8, 4) is 39.8 Å². The molecule has 0 saturated heterocycles. The highest BCUT2D eigenvalue weighted by molar-refractivity contribution is 7.94. The Morgan fingerprint density at radius 3 is 1.87 bits per heavy atom. The van der Waals surface area contributed by atoms with Gasteiger partial charge in [-0.15, -0.1) is 0 Å². The van der Waals surface area contributed by atoms with Crippen LogP contribution < -0.4 is 9.31 Å². The number of hydrogen-bond acceptors (Lipinski definition) is 5. The van der Waals surface area contributed by atoms with E-state index in [1.165, 1.54) is 28.7 Å². The van der Waals surface area contributed by atoms with Crippen molar-refractivity contribution >= 4 is 19.4 Å². The molecule has 0 aliphatic rings. The molecule has 0 aliphatic heterocycles. The molecule has 0 aromatic heterocycles. The molecule has 0 heterocycles. The van der Waals surface area contributed by atoms with Crippen LogP contribution in [0, 0.1) is 11.3 Å². The highest BCUT2D eigenvalue weighted by atomic mass is 32.2. The van der Waals surface area contributed by atoms with Crippen LogP contribution in [0.2, 0.25) is 0 Å². The van der Waals surface area contributed by atoms with Crippen LogP contribution in [0.25, 0.3) is 22.3 Å². The fourth-order valence-electron chi connectivity index (χ4n) is 5.35. The van der Waals surface area contributed by atoms with Gasteiger partial charge < -0.3 is 9.31 Å². The number of aryl methyl sites for hydroxylation is 2. The Morgan fingerprint density at radius 2 is 1.24 bits per heavy atom. The smallest absolute Gasteiger partial charge is 0.500 e. The average molecular weight is 626 g/mol. The van der Waals surface area contributed by atoms with E-state index in [-0.39, 0.29) is 0 Å². The number of benzene rings is 5. The maximum atomic E-state index is 9.16. The average Bonchev–Trinajstić information content (AvgIpc) is 3.11. The van der Waals surface area contributed by atoms with Crippen molar-refractivity contribution in [3.63, 3.8) is 0 Å². The minimum absolute atomic E-state index is 0.571. The van der Waals surface area contributed by atoms with Gasteiger partial charge in [0.25, 0.3) is 0 Å². The first-order chi connectivity index (χ1) is 22.7. The molecule has 0 fully saturated rings. The molecule has 0 N–H and O–H groups in total. The van der Waals surface area contributed by atoms with E-state index in [2.05, 4.69) is 92.7 Å². The molecule has 0 bridgehead atoms. The fourth-order valence-corrected chi connectivity index (χ4v) is 5.94. The lowest BCUT2D eigenvalue weighted by molar-refractivity contribution is 0.328. The predicted molar refractivity (Wildman–Crippen MR) is 192 cm³/mol. The zero-order valence-corrected chi connectivity index (χ0v) is 27.5. The second-order valence-electron chi connectivity index (χ2n) is 11.2. The Labute approximate surface area is 278 Å². The monoisotopic (exact) mass is 625 g/mol. The predicted octanol–water partition coefficient (Wildman–Crippen LogP) is 10.9. The lowest BCUT2D eigenvalue weighted by Crippen LogP contribution is -2.32. The van der Waals surface area contributed by atoms with Crippen LogP contribution in [0.3, 0.4) is 0 Å². The van der Waals surface area contributed by atoms with Crippen LogP contribution in [-0.2, 0) is 22.7 Å². The summed E-state index contributed by atoms with van der Waals surface area (Å²) in [5, 5.41) is 9.16. The summed E-state index contributed by atoms with van der Waals surface area (Å²) < 4.78 is 19.3. The highest BCUT2D eigenvalue weighted by Gasteiger charge is 2.31. The minimum Gasteiger partial charge on any atom is -0.500 e. The quantitative estimate of drug-likeness (QED) is 0.0807. The summed E-state index contributed by atoms with van der Waals surface area (Å²) in [6, 6.07) is 43.1. The molecule has 5 rings (SSSR count). The molecule has 0 amide bonds. The molecule has 5 aromatic rings. The summed E-state index contributed by atoms with van der Waals surface area (Å²) in [7, 11) is -1.02. The maximum Gasteiger partial charge on any atom is 0.799 e. The van der Waals surface area contributed by atoms with Crippen LogP contribution in [0.15, 0.2) is 121 Å². The Kier molecular flexibility index (Phi) is 12.4. The molecule has 0 saturated carbocycles. The number of nitriles is 1. The summed E-state index contributed by atoms with van der Waals surface area (Å²) >= 11 is 1.26. The second-order valence-corrected chi connectivity index (χ2v) is 12.0. The Bertz CT molecular complexity index is 1690. The molecule has 0 atom stereocenters. The van der Waals surface area contributed by atoms with Crippen molar-refractivity contribution in [2.45, 2.75) is 58.1 Å². The van der Waals surface area contributed by atoms with Gasteiger partial charge in [0.05, 0.1) is 11.6 Å². The SMILES string of the molecule is CCCCc1ccc(OB(OSCc2ccc(C#N)cc2)Oc2ccc(CCCC)c(-c3ccccc3)c2-c2ccccc2)cc1. The van der Waals surface area contributed by atoms with Crippen molar-refractivity contribution in [1.82, 2.24) is 0 Å². The van der Waals surface area contributed by atoms with Crippen molar-refractivity contribution in [3.05, 3.63) is 144 Å². The van der Waals surface area contributed by atoms with Gasteiger partial charge in [0, 0.05) is 11.3 Å². The fraction of sp³-hybridized carbons (Fsp3) is 0.225. The van der Waals surface area contributed by atoms with E-state index in [1.54, 1.807) is 0 Å². The van der Waals surface area contributed by atoms with E-state index >= 15 is 0 Å². The van der Waals surface area contributed by atoms with Crippen molar-refractivity contribution < 1.29 is 13.4 Å². The molecule has 0 aliphatic carbocycles. The van der Waals surface area contributed by atoms with Gasteiger partial charge in [-0.05, 0) is 101 Å². The van der Waals surface area contributed by atoms with Crippen LogP contribution in [-0.4, -0.2) is 7.32 Å². The first kappa shape index (κ1) is 32.9. The molecular formula is C40H40BNO3S. The molecule has 4 nitrogen and oxygen atoms in total. The van der Waals surface area contributed by atoms with E-state index in [0.717, 1.165) is 60.8 Å². The van der Waals surface area contributed by atoms with E-state index < -0.39 is 7.32 Å². The van der Waals surface area contributed by atoms with Gasteiger partial charge in [-0.2, -0.15) is 5.26 Å². The van der Waals surface area contributed by atoms with E-state index in [1.807, 2.05) is 48.5 Å². The number of nitrogens with zero attached hydrogens (tertiary/aromatic N) is 1. The van der Waals surface area contributed by atoms with Gasteiger partial charge in [-0.1, -0.05) is 118 Å². The van der Waals surface area contributed by atoms with Gasteiger partial charge in [0.15, 0.2) is 0 Å². The number of hydrogen-bond donors (Lipinski definition) is 0. The summed E-state index contributed by atoms with van der Waals surface area (Å²) in [6.45, 7) is 4.43. The summed E-state index contributed by atoms with van der Waals surface area (Å²) in [6.07, 6.45) is 6.54. The molecule has 46 heavy (non-hydrogen) atoms. The summed E-state index contributed by atoms with van der Waals surface area (Å²) in [5.41, 5.74) is 8.64. The Balaban J connectivity index is 1.50. The third-order valence-electron chi connectivity index (χ3n) is 7.83. The number of unbranched alkanes of at least 4 members (excludes halogenated alkanes) is 2. The van der Waals surface area contributed by atoms with Crippen molar-refractivity contribution in [2.24, 2.45) is 0 Å². The maximum absolute atomic E-state index is 9.16. The standard InChI is InChI=1S/C40H40BNO3S/c1-3-5-13-31-23-26-37(27-24-31)43-41(45-46-30-33-21-19-32(29-42)20-22-33)44-38-28-25-36(14-6-4-2)39(34-15-9-7-10-16-34)40(38)35-17-11-8-12-18-35/h7-12,15-28H,3-6,13-14,30H2,1-2H3. The highest BCUT2D eigenvalue weighted by Crippen LogP contribution is 2.42. The van der Waals surface area contributed by atoms with Crippen LogP contribution in [0.5, 0.6) is 11.5 Å². The lowest BCUT2D eigenvalue weighted by Gasteiger charge is -2.22. The van der Waals surface area contributed by atoms with Crippen LogP contribution >= 0.6 is 12.0 Å². The molecule has 5 aromatic carbocycles. The molecule has 6 heteroatoms. The molecular weight excluding hydrogens is 585 g/mol. The first-order valence-corrected chi connectivity index (χ1v) is 17.1. The lowest BCUT2D eigenvalue weighted by atomic mass is 9.87. The molecule has 0 spiro atoms. The largest absolute Gasteiger partial charge is 0.799 e. The molecule has 0 radical (unpaired) electrons. The van der Waals surface area contributed by atoms with Gasteiger partial charge >= 0.3 is 7.32 Å². The van der Waals surface area contributed by atoms with Crippen LogP contribution in [0.1, 0.15) is 61.8 Å². The van der Waals surface area contributed by atoms with E-state index in [4.69, 9.17) is 18.7 Å². The first-order valence-electron chi connectivity index (χ1n) is 16.1. The Morgan fingerprint density at radius 1 is 0.630 bits per heavy atom. The molecule has 0 unspecified atom stereocenters. The van der Waals surface area contributed by atoms with Crippen molar-refractivity contribution in [2.75, 3.05) is 0 Å². The third-order valence-corrected chi connectivity index (χ3v) is 8.58. The topological polar surface area (TPSA) is 51.5 Å². The Hall–Kier alpha value is -4.44. The summed E-state index contributed by atoms with van der Waals surface area (Å²) in [5.74, 6) is 1.93. The zero-order chi connectivity index (χ0) is 32.0. The second kappa shape index (κ2) is 17.3. The normalized spacial score (nSPS) is 10.7. The molecule has 232 valence electrons. The number of rotatable bonds is 16. The van der Waals surface area contributed by atoms with E-state index in [9.17, 15) is 0 Å². The van der Waals surface area contributed by atoms with E-state index in [0.29, 0.717) is 22.8 Å².